The van der Waals surface area contributed by atoms with Gasteiger partial charge in [-0.3, -0.25) is 14.3 Å². The number of nitrogens with one attached hydrogen (secondary N) is 1. The van der Waals surface area contributed by atoms with Gasteiger partial charge >= 0.3 is 0 Å². The summed E-state index contributed by atoms with van der Waals surface area (Å²) < 4.78 is 15.1. The summed E-state index contributed by atoms with van der Waals surface area (Å²) in [5, 5.41) is 11.6. The largest absolute Gasteiger partial charge is 0.325 e. The highest BCUT2D eigenvalue weighted by atomic mass is 35.5. The minimum atomic E-state index is -0.537. The van der Waals surface area contributed by atoms with E-state index in [1.54, 1.807) is 18.5 Å². The van der Waals surface area contributed by atoms with Gasteiger partial charge in [-0.2, -0.15) is 0 Å². The van der Waals surface area contributed by atoms with Crippen molar-refractivity contribution in [2.24, 2.45) is 0 Å². The molecule has 1 N–H and O–H groups in total. The number of halogens is 2. The number of anilines is 1. The summed E-state index contributed by atoms with van der Waals surface area (Å²) in [5.74, 6) is -0.0160. The first kappa shape index (κ1) is 19.1. The number of rotatable bonds is 7. The van der Waals surface area contributed by atoms with Crippen molar-refractivity contribution in [3.05, 3.63) is 66.2 Å². The van der Waals surface area contributed by atoms with Gasteiger partial charge in [0.15, 0.2) is 11.0 Å². The first-order valence-corrected chi connectivity index (χ1v) is 9.27. The summed E-state index contributed by atoms with van der Waals surface area (Å²) in [6, 6.07) is 7.69. The van der Waals surface area contributed by atoms with Crippen LogP contribution < -0.4 is 5.32 Å². The van der Waals surface area contributed by atoms with E-state index in [1.165, 1.54) is 30.0 Å². The van der Waals surface area contributed by atoms with Gasteiger partial charge in [0.25, 0.3) is 0 Å². The first-order chi connectivity index (χ1) is 13.1. The number of pyridine rings is 1. The van der Waals surface area contributed by atoms with Crippen LogP contribution in [0.2, 0.25) is 5.02 Å². The summed E-state index contributed by atoms with van der Waals surface area (Å²) in [7, 11) is 0. The third-order valence-electron chi connectivity index (χ3n) is 3.50. The van der Waals surface area contributed by atoms with Crippen LogP contribution in [-0.2, 0) is 11.3 Å². The summed E-state index contributed by atoms with van der Waals surface area (Å²) >= 11 is 6.96. The fourth-order valence-electron chi connectivity index (χ4n) is 2.30. The molecule has 0 saturated heterocycles. The van der Waals surface area contributed by atoms with E-state index in [9.17, 15) is 9.18 Å². The van der Waals surface area contributed by atoms with Crippen molar-refractivity contribution in [3.63, 3.8) is 0 Å². The van der Waals surface area contributed by atoms with Gasteiger partial charge in [0.05, 0.1) is 10.8 Å². The average Bonchev–Trinajstić information content (AvgIpc) is 3.07. The van der Waals surface area contributed by atoms with Crippen LogP contribution in [0.15, 0.2) is 60.5 Å². The number of amides is 1. The Balaban J connectivity index is 1.70. The Bertz CT molecular complexity index is 964. The predicted molar refractivity (Wildman–Crippen MR) is 104 cm³/mol. The Morgan fingerprint density at radius 3 is 2.78 bits per heavy atom. The number of carbonyl (C=O) groups is 1. The number of aromatic nitrogens is 4. The molecule has 1 aromatic carbocycles. The molecular weight excluding hydrogens is 389 g/mol. The highest BCUT2D eigenvalue weighted by molar-refractivity contribution is 7.99. The third-order valence-corrected chi connectivity index (χ3v) is 4.76. The van der Waals surface area contributed by atoms with Crippen LogP contribution in [0, 0.1) is 5.82 Å². The van der Waals surface area contributed by atoms with Crippen molar-refractivity contribution in [2.75, 3.05) is 11.1 Å². The number of benzene rings is 1. The van der Waals surface area contributed by atoms with E-state index in [0.717, 1.165) is 5.56 Å². The van der Waals surface area contributed by atoms with Gasteiger partial charge in [-0.15, -0.1) is 16.8 Å². The summed E-state index contributed by atoms with van der Waals surface area (Å²) in [4.78, 5) is 16.2. The molecule has 27 heavy (non-hydrogen) atoms. The molecule has 0 aliphatic rings. The molecule has 0 aliphatic carbocycles. The monoisotopic (exact) mass is 403 g/mol. The number of hydrogen-bond acceptors (Lipinski definition) is 5. The van der Waals surface area contributed by atoms with Crippen molar-refractivity contribution in [2.45, 2.75) is 11.7 Å². The van der Waals surface area contributed by atoms with E-state index in [-0.39, 0.29) is 16.7 Å². The molecule has 0 unspecified atom stereocenters. The van der Waals surface area contributed by atoms with Gasteiger partial charge in [-0.05, 0) is 30.3 Å². The molecule has 0 fully saturated rings. The topological polar surface area (TPSA) is 72.7 Å². The van der Waals surface area contributed by atoms with Crippen LogP contribution >= 0.6 is 23.4 Å². The molecule has 6 nitrogen and oxygen atoms in total. The molecule has 2 aromatic heterocycles. The van der Waals surface area contributed by atoms with Crippen molar-refractivity contribution < 1.29 is 9.18 Å². The molecule has 2 heterocycles. The van der Waals surface area contributed by atoms with Gasteiger partial charge in [-0.1, -0.05) is 29.4 Å². The quantitative estimate of drug-likeness (QED) is 0.476. The Labute approximate surface area is 164 Å². The highest BCUT2D eigenvalue weighted by Crippen LogP contribution is 2.24. The maximum absolute atomic E-state index is 13.2. The van der Waals surface area contributed by atoms with E-state index >= 15 is 0 Å². The van der Waals surface area contributed by atoms with Crippen molar-refractivity contribution in [1.82, 2.24) is 19.7 Å². The lowest BCUT2D eigenvalue weighted by atomic mass is 10.2. The van der Waals surface area contributed by atoms with Crippen LogP contribution in [-0.4, -0.2) is 31.4 Å². The number of carbonyl (C=O) groups excluding carboxylic acids is 1. The van der Waals surface area contributed by atoms with Gasteiger partial charge in [-0.25, -0.2) is 4.39 Å². The number of hydrogen-bond donors (Lipinski definition) is 1. The fourth-order valence-corrected chi connectivity index (χ4v) is 3.23. The fraction of sp³-hybridized carbons (Fsp3) is 0.111. The molecule has 0 aliphatic heterocycles. The summed E-state index contributed by atoms with van der Waals surface area (Å²) in [6.45, 7) is 4.26. The minimum Gasteiger partial charge on any atom is -0.325 e. The SMILES string of the molecule is C=CCn1c(SCC(=O)Nc2ccc(F)c(Cl)c2)nnc1-c1ccncc1. The number of allylic oxidation sites excluding steroid dienone is 1. The molecule has 0 saturated carbocycles. The molecule has 3 aromatic rings. The maximum atomic E-state index is 13.2. The van der Waals surface area contributed by atoms with E-state index in [4.69, 9.17) is 11.6 Å². The zero-order valence-corrected chi connectivity index (χ0v) is 15.7. The lowest BCUT2D eigenvalue weighted by Gasteiger charge is -2.08. The molecule has 138 valence electrons. The Morgan fingerprint density at radius 1 is 1.30 bits per heavy atom. The molecule has 0 atom stereocenters. The molecule has 9 heteroatoms. The van der Waals surface area contributed by atoms with Crippen molar-refractivity contribution in [3.8, 4) is 11.4 Å². The zero-order valence-electron chi connectivity index (χ0n) is 14.1. The third kappa shape index (κ3) is 4.72. The smallest absolute Gasteiger partial charge is 0.234 e. The van der Waals surface area contributed by atoms with Crippen LogP contribution in [0.4, 0.5) is 10.1 Å². The van der Waals surface area contributed by atoms with Crippen LogP contribution in [0.1, 0.15) is 0 Å². The highest BCUT2D eigenvalue weighted by Gasteiger charge is 2.15. The zero-order chi connectivity index (χ0) is 19.2. The lowest BCUT2D eigenvalue weighted by Crippen LogP contribution is -2.14. The normalized spacial score (nSPS) is 10.6. The molecular formula is C18H15ClFN5OS. The second-order valence-corrected chi connectivity index (χ2v) is 6.76. The Hall–Kier alpha value is -2.71. The standard InChI is InChI=1S/C18H15ClFN5OS/c1-2-9-25-17(12-5-7-21-8-6-12)23-24-18(25)27-11-16(26)22-13-3-4-15(20)14(19)10-13/h2-8,10H,1,9,11H2,(H,22,26). The van der Waals surface area contributed by atoms with Gasteiger partial charge < -0.3 is 5.32 Å². The second-order valence-electron chi connectivity index (χ2n) is 5.41. The second kappa shape index (κ2) is 8.79. The van der Waals surface area contributed by atoms with E-state index in [1.807, 2.05) is 16.7 Å². The van der Waals surface area contributed by atoms with Gasteiger partial charge in [0.2, 0.25) is 5.91 Å². The van der Waals surface area contributed by atoms with Gasteiger partial charge in [0, 0.05) is 30.2 Å². The number of thioether (sulfide) groups is 1. The first-order valence-electron chi connectivity index (χ1n) is 7.90. The Kier molecular flexibility index (Phi) is 6.20. The lowest BCUT2D eigenvalue weighted by molar-refractivity contribution is -0.113. The maximum Gasteiger partial charge on any atom is 0.234 e. The molecule has 0 spiro atoms. The molecule has 3 rings (SSSR count). The molecule has 0 radical (unpaired) electrons. The van der Waals surface area contributed by atoms with Crippen LogP contribution in [0.3, 0.4) is 0 Å². The van der Waals surface area contributed by atoms with Gasteiger partial charge in [0.1, 0.15) is 5.82 Å². The van der Waals surface area contributed by atoms with Crippen molar-refractivity contribution in [1.29, 1.82) is 0 Å². The van der Waals surface area contributed by atoms with Crippen LogP contribution in [0.5, 0.6) is 0 Å². The molecule has 0 bridgehead atoms. The van der Waals surface area contributed by atoms with E-state index < -0.39 is 5.82 Å². The Morgan fingerprint density at radius 2 is 2.07 bits per heavy atom. The van der Waals surface area contributed by atoms with E-state index in [0.29, 0.717) is 23.2 Å². The minimum absolute atomic E-state index is 0.0480. The summed E-state index contributed by atoms with van der Waals surface area (Å²) in [5.41, 5.74) is 1.30. The predicted octanol–water partition coefficient (Wildman–Crippen LogP) is 4.05. The average molecular weight is 404 g/mol. The summed E-state index contributed by atoms with van der Waals surface area (Å²) in [6.07, 6.45) is 5.09. The number of nitrogens with zero attached hydrogens (tertiary/aromatic N) is 4. The van der Waals surface area contributed by atoms with Crippen LogP contribution in [0.25, 0.3) is 11.4 Å². The van der Waals surface area contributed by atoms with Crippen molar-refractivity contribution >= 4 is 35.0 Å². The van der Waals surface area contributed by atoms with E-state index in [2.05, 4.69) is 27.1 Å². The molecule has 1 amide bonds.